The number of aromatic nitrogens is 2. The number of hydrogen-bond donors (Lipinski definition) is 0. The van der Waals surface area contributed by atoms with Crippen LogP contribution >= 0.6 is 34.8 Å². The van der Waals surface area contributed by atoms with Crippen molar-refractivity contribution in [3.05, 3.63) is 118 Å². The van der Waals surface area contributed by atoms with Crippen LogP contribution in [0, 0.1) is 0 Å². The van der Waals surface area contributed by atoms with Crippen LogP contribution in [-0.4, -0.2) is 15.3 Å². The molecule has 154 valence electrons. The Kier molecular flexibility index (Phi) is 5.45. The summed E-state index contributed by atoms with van der Waals surface area (Å²) < 4.78 is 2.06. The number of anilines is 1. The lowest BCUT2D eigenvalue weighted by atomic mass is 9.92. The van der Waals surface area contributed by atoms with E-state index in [1.54, 1.807) is 18.6 Å². The van der Waals surface area contributed by atoms with Gasteiger partial charge >= 0.3 is 0 Å². The van der Waals surface area contributed by atoms with Crippen LogP contribution in [0.4, 0.5) is 5.69 Å². The molecule has 7 heteroatoms. The number of para-hydroxylation sites is 1. The summed E-state index contributed by atoms with van der Waals surface area (Å²) in [7, 11) is 0. The Labute approximate surface area is 195 Å². The zero-order valence-corrected chi connectivity index (χ0v) is 18.5. The van der Waals surface area contributed by atoms with Crippen LogP contribution in [0.3, 0.4) is 0 Å². The Morgan fingerprint density at radius 2 is 1.52 bits per heavy atom. The maximum absolute atomic E-state index is 6.70. The second kappa shape index (κ2) is 8.39. The summed E-state index contributed by atoms with van der Waals surface area (Å²) in [6.07, 6.45) is 5.52. The van der Waals surface area contributed by atoms with Gasteiger partial charge in [-0.2, -0.15) is 5.10 Å². The Bertz CT molecular complexity index is 1220. The van der Waals surface area contributed by atoms with Crippen LogP contribution in [-0.2, 0) is 0 Å². The zero-order valence-electron chi connectivity index (χ0n) is 16.2. The Morgan fingerprint density at radius 1 is 0.774 bits per heavy atom. The van der Waals surface area contributed by atoms with Crippen molar-refractivity contribution in [3.8, 4) is 0 Å². The Balaban J connectivity index is 1.73. The Hall–Kier alpha value is -2.79. The molecule has 0 saturated heterocycles. The van der Waals surface area contributed by atoms with Crippen molar-refractivity contribution in [3.63, 3.8) is 0 Å². The van der Waals surface area contributed by atoms with Crippen LogP contribution < -0.4 is 5.01 Å². The standard InChI is InChI=1S/C24H17Cl3N4/c25-17-8-6-16(7-9-17)22-24(30-13-12-28-15-30)23(20-11-10-18(26)14-21(20)27)31(29-22)19-4-2-1-3-5-19/h1-15,23-24H/t23-,24+/m0/s1. The SMILES string of the molecule is Clc1ccc(C2=NN(c3ccccc3)[C@@H](c3ccc(Cl)cc3Cl)[C@@H]2n2ccnc2)cc1. The lowest BCUT2D eigenvalue weighted by Crippen LogP contribution is -2.28. The predicted octanol–water partition coefficient (Wildman–Crippen LogP) is 7.05. The summed E-state index contributed by atoms with van der Waals surface area (Å²) in [5.74, 6) is 0. The van der Waals surface area contributed by atoms with Gasteiger partial charge in [0.05, 0.1) is 17.7 Å². The molecule has 2 atom stereocenters. The highest BCUT2D eigenvalue weighted by molar-refractivity contribution is 6.35. The van der Waals surface area contributed by atoms with E-state index in [1.807, 2.05) is 77.9 Å². The number of nitrogens with zero attached hydrogens (tertiary/aromatic N) is 4. The van der Waals surface area contributed by atoms with E-state index < -0.39 is 0 Å². The molecule has 0 radical (unpaired) electrons. The number of imidazole rings is 1. The first-order valence-electron chi connectivity index (χ1n) is 9.73. The van der Waals surface area contributed by atoms with Gasteiger partial charge in [0.25, 0.3) is 0 Å². The zero-order chi connectivity index (χ0) is 21.4. The molecule has 1 aliphatic heterocycles. The van der Waals surface area contributed by atoms with Crippen molar-refractivity contribution in [2.24, 2.45) is 5.10 Å². The summed E-state index contributed by atoms with van der Waals surface area (Å²) in [6.45, 7) is 0. The molecular formula is C24H17Cl3N4. The molecule has 31 heavy (non-hydrogen) atoms. The number of rotatable bonds is 4. The second-order valence-corrected chi connectivity index (χ2v) is 8.52. The van der Waals surface area contributed by atoms with E-state index in [1.165, 1.54) is 0 Å². The number of hydrogen-bond acceptors (Lipinski definition) is 3. The molecule has 4 aromatic rings. The van der Waals surface area contributed by atoms with E-state index in [0.29, 0.717) is 15.1 Å². The molecule has 3 aromatic carbocycles. The van der Waals surface area contributed by atoms with Crippen LogP contribution in [0.2, 0.25) is 15.1 Å². The first-order valence-corrected chi connectivity index (χ1v) is 10.9. The highest BCUT2D eigenvalue weighted by Gasteiger charge is 2.41. The maximum atomic E-state index is 6.70. The van der Waals surface area contributed by atoms with E-state index in [0.717, 1.165) is 22.5 Å². The topological polar surface area (TPSA) is 33.4 Å². The molecule has 0 spiro atoms. The van der Waals surface area contributed by atoms with Crippen LogP contribution in [0.25, 0.3) is 0 Å². The minimum Gasteiger partial charge on any atom is -0.326 e. The molecule has 2 heterocycles. The molecule has 0 N–H and O–H groups in total. The first-order chi connectivity index (χ1) is 15.1. The van der Waals surface area contributed by atoms with Crippen molar-refractivity contribution < 1.29 is 0 Å². The van der Waals surface area contributed by atoms with Gasteiger partial charge in [-0.15, -0.1) is 0 Å². The van der Waals surface area contributed by atoms with Crippen molar-refractivity contribution in [2.75, 3.05) is 5.01 Å². The second-order valence-electron chi connectivity index (χ2n) is 7.24. The normalized spacial score (nSPS) is 18.3. The monoisotopic (exact) mass is 466 g/mol. The molecule has 0 bridgehead atoms. The van der Waals surface area contributed by atoms with Gasteiger partial charge in [-0.05, 0) is 42.0 Å². The van der Waals surface area contributed by atoms with E-state index in [9.17, 15) is 0 Å². The molecule has 0 unspecified atom stereocenters. The Morgan fingerprint density at radius 3 is 2.19 bits per heavy atom. The van der Waals surface area contributed by atoms with E-state index in [2.05, 4.69) is 9.55 Å². The average molecular weight is 468 g/mol. The van der Waals surface area contributed by atoms with Gasteiger partial charge in [-0.1, -0.05) is 71.2 Å². The largest absolute Gasteiger partial charge is 0.326 e. The molecule has 1 aromatic heterocycles. The van der Waals surface area contributed by atoms with Gasteiger partial charge < -0.3 is 4.57 Å². The highest BCUT2D eigenvalue weighted by Crippen LogP contribution is 2.45. The van der Waals surface area contributed by atoms with Gasteiger partial charge in [-0.25, -0.2) is 4.98 Å². The van der Waals surface area contributed by atoms with E-state index in [4.69, 9.17) is 39.9 Å². The lowest BCUT2D eigenvalue weighted by molar-refractivity contribution is 0.527. The fourth-order valence-corrected chi connectivity index (χ4v) is 4.60. The van der Waals surface area contributed by atoms with Gasteiger partial charge in [0.15, 0.2) is 0 Å². The summed E-state index contributed by atoms with van der Waals surface area (Å²) >= 11 is 19.0. The van der Waals surface area contributed by atoms with Crippen molar-refractivity contribution in [2.45, 2.75) is 12.1 Å². The third-order valence-corrected chi connectivity index (χ3v) is 6.16. The third-order valence-electron chi connectivity index (χ3n) is 5.35. The van der Waals surface area contributed by atoms with Crippen LogP contribution in [0.15, 0.2) is 96.6 Å². The van der Waals surface area contributed by atoms with E-state index >= 15 is 0 Å². The van der Waals surface area contributed by atoms with E-state index in [-0.39, 0.29) is 12.1 Å². The van der Waals surface area contributed by atoms with Gasteiger partial charge in [-0.3, -0.25) is 5.01 Å². The van der Waals surface area contributed by atoms with Gasteiger partial charge in [0.1, 0.15) is 12.1 Å². The summed E-state index contributed by atoms with van der Waals surface area (Å²) in [6, 6.07) is 23.0. The molecule has 5 rings (SSSR count). The molecule has 0 fully saturated rings. The van der Waals surface area contributed by atoms with Crippen LogP contribution in [0.5, 0.6) is 0 Å². The summed E-state index contributed by atoms with van der Waals surface area (Å²) in [5, 5.41) is 8.97. The van der Waals surface area contributed by atoms with Crippen LogP contribution in [0.1, 0.15) is 23.2 Å². The van der Waals surface area contributed by atoms with Crippen molar-refractivity contribution in [1.82, 2.24) is 9.55 Å². The minimum atomic E-state index is -0.202. The summed E-state index contributed by atoms with van der Waals surface area (Å²) in [4.78, 5) is 4.29. The lowest BCUT2D eigenvalue weighted by Gasteiger charge is -2.30. The van der Waals surface area contributed by atoms with Crippen molar-refractivity contribution in [1.29, 1.82) is 0 Å². The fourth-order valence-electron chi connectivity index (χ4n) is 3.95. The molecule has 0 saturated carbocycles. The minimum absolute atomic E-state index is 0.164. The fraction of sp³-hybridized carbons (Fsp3) is 0.0833. The maximum Gasteiger partial charge on any atom is 0.106 e. The molecular weight excluding hydrogens is 451 g/mol. The number of benzene rings is 3. The van der Waals surface area contributed by atoms with Crippen molar-refractivity contribution >= 4 is 46.2 Å². The molecule has 1 aliphatic rings. The highest BCUT2D eigenvalue weighted by atomic mass is 35.5. The van der Waals surface area contributed by atoms with Gasteiger partial charge in [0, 0.05) is 33.0 Å². The quantitative estimate of drug-likeness (QED) is 0.322. The smallest absolute Gasteiger partial charge is 0.106 e. The number of halogens is 3. The third kappa shape index (κ3) is 3.83. The molecule has 0 amide bonds. The molecule has 0 aliphatic carbocycles. The summed E-state index contributed by atoms with van der Waals surface area (Å²) in [5.41, 5.74) is 3.78. The van der Waals surface area contributed by atoms with Gasteiger partial charge in [0.2, 0.25) is 0 Å². The predicted molar refractivity (Wildman–Crippen MR) is 127 cm³/mol. The average Bonchev–Trinajstić information content (AvgIpc) is 3.43. The number of hydrazone groups is 1. The first kappa shape index (κ1) is 20.1. The molecule has 4 nitrogen and oxygen atoms in total.